The van der Waals surface area contributed by atoms with Crippen molar-refractivity contribution in [3.63, 3.8) is 0 Å². The van der Waals surface area contributed by atoms with Crippen molar-refractivity contribution in [2.75, 3.05) is 63.3 Å². The Morgan fingerprint density at radius 1 is 1.05 bits per heavy atom. The molecule has 0 spiro atoms. The standard InChI is InChI=1S/C27H32F2N6O2S/c1-33(2)15-16-34(3)19-9-7-17(8-10-19)26(37)35-13-11-18(12-14-35)31-27-32-25(30)24(38-27)23(36)22-20(28)5-4-6-21(22)29/h4-10,18H,11-16,30H2,1-3H3,(H,31,32). The maximum atomic E-state index is 14.1. The number of thiazole rings is 1. The van der Waals surface area contributed by atoms with Crippen molar-refractivity contribution >= 4 is 39.7 Å². The molecule has 1 fully saturated rings. The number of likely N-dealkylation sites (N-methyl/N-ethyl adjacent to an activating group) is 2. The number of aromatic nitrogens is 1. The van der Waals surface area contributed by atoms with Crippen molar-refractivity contribution in [2.24, 2.45) is 0 Å². The van der Waals surface area contributed by atoms with Crippen molar-refractivity contribution in [2.45, 2.75) is 18.9 Å². The molecular formula is C27H32F2N6O2S. The lowest BCUT2D eigenvalue weighted by Gasteiger charge is -2.32. The maximum Gasteiger partial charge on any atom is 0.253 e. The van der Waals surface area contributed by atoms with Gasteiger partial charge in [0.2, 0.25) is 5.78 Å². The third kappa shape index (κ3) is 6.28. The van der Waals surface area contributed by atoms with Crippen LogP contribution in [0.4, 0.5) is 25.4 Å². The largest absolute Gasteiger partial charge is 0.382 e. The first-order valence-electron chi connectivity index (χ1n) is 12.4. The summed E-state index contributed by atoms with van der Waals surface area (Å²) in [6.45, 7) is 2.96. The Morgan fingerprint density at radius 3 is 2.29 bits per heavy atom. The summed E-state index contributed by atoms with van der Waals surface area (Å²) >= 11 is 0.969. The molecule has 0 bridgehead atoms. The molecule has 1 aliphatic rings. The molecule has 1 saturated heterocycles. The number of nitrogens with zero attached hydrogens (tertiary/aromatic N) is 4. The van der Waals surface area contributed by atoms with Gasteiger partial charge in [-0.1, -0.05) is 17.4 Å². The molecule has 1 amide bonds. The van der Waals surface area contributed by atoms with E-state index in [2.05, 4.69) is 20.1 Å². The average molecular weight is 543 g/mol. The van der Waals surface area contributed by atoms with Crippen LogP contribution >= 0.6 is 11.3 Å². The summed E-state index contributed by atoms with van der Waals surface area (Å²) in [5.41, 5.74) is 6.97. The van der Waals surface area contributed by atoms with Crippen molar-refractivity contribution in [1.82, 2.24) is 14.8 Å². The van der Waals surface area contributed by atoms with Crippen LogP contribution in [0.1, 0.15) is 38.4 Å². The van der Waals surface area contributed by atoms with Crippen LogP contribution in [-0.2, 0) is 0 Å². The summed E-state index contributed by atoms with van der Waals surface area (Å²) in [7, 11) is 6.11. The molecule has 1 aliphatic heterocycles. The van der Waals surface area contributed by atoms with Gasteiger partial charge in [-0.2, -0.15) is 0 Å². The molecule has 2 heterocycles. The normalized spacial score (nSPS) is 14.1. The molecule has 4 rings (SSSR count). The Kier molecular flexibility index (Phi) is 8.58. The second-order valence-electron chi connectivity index (χ2n) is 9.64. The molecule has 8 nitrogen and oxygen atoms in total. The molecule has 11 heteroatoms. The first kappa shape index (κ1) is 27.5. The van der Waals surface area contributed by atoms with Crippen LogP contribution in [0.15, 0.2) is 42.5 Å². The Labute approximate surface area is 225 Å². The summed E-state index contributed by atoms with van der Waals surface area (Å²) in [5.74, 6) is -2.81. The van der Waals surface area contributed by atoms with Crippen LogP contribution in [0.25, 0.3) is 0 Å². The molecule has 0 saturated carbocycles. The highest BCUT2D eigenvalue weighted by molar-refractivity contribution is 7.18. The number of hydrogen-bond acceptors (Lipinski definition) is 8. The second kappa shape index (κ2) is 11.9. The highest BCUT2D eigenvalue weighted by Gasteiger charge is 2.27. The number of piperidine rings is 1. The number of likely N-dealkylation sites (tertiary alicyclic amines) is 1. The first-order valence-corrected chi connectivity index (χ1v) is 13.2. The average Bonchev–Trinajstić information content (AvgIpc) is 3.26. The molecule has 38 heavy (non-hydrogen) atoms. The van der Waals surface area contributed by atoms with Crippen LogP contribution in [-0.4, -0.2) is 79.8 Å². The van der Waals surface area contributed by atoms with Crippen molar-refractivity contribution in [3.8, 4) is 0 Å². The van der Waals surface area contributed by atoms with Crippen LogP contribution in [0.5, 0.6) is 0 Å². The molecule has 0 atom stereocenters. The van der Waals surface area contributed by atoms with Crippen molar-refractivity contribution in [3.05, 3.63) is 70.1 Å². The van der Waals surface area contributed by atoms with Crippen molar-refractivity contribution < 1.29 is 18.4 Å². The number of carbonyl (C=O) groups excluding carboxylic acids is 2. The number of carbonyl (C=O) groups is 2. The van der Waals surface area contributed by atoms with Gasteiger partial charge in [-0.25, -0.2) is 13.8 Å². The molecular weight excluding hydrogens is 510 g/mol. The zero-order valence-electron chi connectivity index (χ0n) is 21.7. The minimum Gasteiger partial charge on any atom is -0.382 e. The third-order valence-corrected chi connectivity index (χ3v) is 7.60. The fourth-order valence-electron chi connectivity index (χ4n) is 4.31. The van der Waals surface area contributed by atoms with Gasteiger partial charge in [0.15, 0.2) is 5.13 Å². The van der Waals surface area contributed by atoms with Gasteiger partial charge >= 0.3 is 0 Å². The molecule has 0 aliphatic carbocycles. The van der Waals surface area contributed by atoms with E-state index in [1.165, 1.54) is 6.07 Å². The number of benzene rings is 2. The number of halogens is 2. The van der Waals surface area contributed by atoms with E-state index in [1.54, 1.807) is 0 Å². The lowest BCUT2D eigenvalue weighted by atomic mass is 10.0. The van der Waals surface area contributed by atoms with Crippen molar-refractivity contribution in [1.29, 1.82) is 0 Å². The zero-order valence-corrected chi connectivity index (χ0v) is 22.5. The fourth-order valence-corrected chi connectivity index (χ4v) is 5.21. The van der Waals surface area contributed by atoms with Gasteiger partial charge in [-0.05, 0) is 63.3 Å². The lowest BCUT2D eigenvalue weighted by Crippen LogP contribution is -2.42. The van der Waals surface area contributed by atoms with Crippen LogP contribution < -0.4 is 16.0 Å². The molecule has 3 aromatic rings. The van der Waals surface area contributed by atoms with Gasteiger partial charge in [0, 0.05) is 50.5 Å². The van der Waals surface area contributed by atoms with Crippen LogP contribution in [0, 0.1) is 11.6 Å². The Balaban J connectivity index is 1.32. The third-order valence-electron chi connectivity index (χ3n) is 6.60. The summed E-state index contributed by atoms with van der Waals surface area (Å²) in [4.78, 5) is 36.0. The molecule has 3 N–H and O–H groups in total. The summed E-state index contributed by atoms with van der Waals surface area (Å²) in [5, 5.41) is 3.66. The van der Waals surface area contributed by atoms with E-state index in [9.17, 15) is 18.4 Å². The Bertz CT molecular complexity index is 1270. The number of anilines is 3. The Hall–Kier alpha value is -3.57. The molecule has 202 valence electrons. The summed E-state index contributed by atoms with van der Waals surface area (Å²) in [6.07, 6.45) is 1.36. The molecule has 1 aromatic heterocycles. The Morgan fingerprint density at radius 2 is 1.68 bits per heavy atom. The van der Waals surface area contributed by atoms with E-state index in [1.807, 2.05) is 50.3 Å². The number of nitrogens with one attached hydrogen (secondary N) is 1. The predicted octanol–water partition coefficient (Wildman–Crippen LogP) is 3.95. The zero-order chi connectivity index (χ0) is 27.4. The van der Waals surface area contributed by atoms with Gasteiger partial charge in [0.05, 0.1) is 5.56 Å². The fraction of sp³-hybridized carbons (Fsp3) is 0.370. The van der Waals surface area contributed by atoms with Gasteiger partial charge in [-0.3, -0.25) is 9.59 Å². The second-order valence-corrected chi connectivity index (χ2v) is 10.6. The SMILES string of the molecule is CN(C)CCN(C)c1ccc(C(=O)N2CCC(Nc3nc(N)c(C(=O)c4c(F)cccc4F)s3)CC2)cc1. The minimum atomic E-state index is -0.944. The number of amides is 1. The summed E-state index contributed by atoms with van der Waals surface area (Å²) in [6, 6.07) is 10.9. The molecule has 0 unspecified atom stereocenters. The van der Waals surface area contributed by atoms with Crippen LogP contribution in [0.2, 0.25) is 0 Å². The van der Waals surface area contributed by atoms with E-state index in [4.69, 9.17) is 5.73 Å². The quantitative estimate of drug-likeness (QED) is 0.396. The number of hydrogen-bond donors (Lipinski definition) is 2. The number of rotatable bonds is 9. The number of nitrogen functional groups attached to an aromatic ring is 1. The minimum absolute atomic E-state index is 0.00997. The topological polar surface area (TPSA) is 94.8 Å². The predicted molar refractivity (Wildman–Crippen MR) is 147 cm³/mol. The van der Waals surface area contributed by atoms with E-state index >= 15 is 0 Å². The van der Waals surface area contributed by atoms with Gasteiger partial charge in [0.25, 0.3) is 5.91 Å². The van der Waals surface area contributed by atoms with Crippen LogP contribution in [0.3, 0.4) is 0 Å². The maximum absolute atomic E-state index is 14.1. The first-order chi connectivity index (χ1) is 18.1. The summed E-state index contributed by atoms with van der Waals surface area (Å²) < 4.78 is 28.1. The van der Waals surface area contributed by atoms with Gasteiger partial charge < -0.3 is 25.8 Å². The van der Waals surface area contributed by atoms with Gasteiger partial charge in [-0.15, -0.1) is 0 Å². The smallest absolute Gasteiger partial charge is 0.253 e. The monoisotopic (exact) mass is 542 g/mol. The van der Waals surface area contributed by atoms with E-state index < -0.39 is 23.0 Å². The highest BCUT2D eigenvalue weighted by Crippen LogP contribution is 2.30. The number of ketones is 1. The van der Waals surface area contributed by atoms with Gasteiger partial charge in [0.1, 0.15) is 22.3 Å². The van der Waals surface area contributed by atoms with E-state index in [-0.39, 0.29) is 22.6 Å². The van der Waals surface area contributed by atoms with E-state index in [0.29, 0.717) is 36.6 Å². The van der Waals surface area contributed by atoms with E-state index in [0.717, 1.165) is 42.2 Å². The molecule has 0 radical (unpaired) electrons. The lowest BCUT2D eigenvalue weighted by molar-refractivity contribution is 0.0718. The highest BCUT2D eigenvalue weighted by atomic mass is 32.1. The molecule has 2 aromatic carbocycles. The number of nitrogens with two attached hydrogens (primary N) is 1.